The van der Waals surface area contributed by atoms with Gasteiger partial charge in [0, 0.05) is 27.6 Å². The maximum Gasteiger partial charge on any atom is 0.0719 e. The van der Waals surface area contributed by atoms with E-state index in [1.165, 1.54) is 83.6 Å². The minimum atomic E-state index is -0.409. The van der Waals surface area contributed by atoms with E-state index in [4.69, 9.17) is 0 Å². The fourth-order valence-electron chi connectivity index (χ4n) is 10.8. The first-order valence-corrected chi connectivity index (χ1v) is 20.0. The van der Waals surface area contributed by atoms with Gasteiger partial charge < -0.3 is 4.90 Å². The molecule has 0 N–H and O–H groups in total. The van der Waals surface area contributed by atoms with Crippen LogP contribution >= 0.6 is 0 Å². The number of rotatable bonds is 4. The predicted molar refractivity (Wildman–Crippen MR) is 234 cm³/mol. The topological polar surface area (TPSA) is 3.24 Å². The second-order valence-electron chi connectivity index (χ2n) is 16.8. The molecule has 1 spiro atoms. The van der Waals surface area contributed by atoms with E-state index in [0.717, 1.165) is 11.4 Å². The van der Waals surface area contributed by atoms with Gasteiger partial charge in [0.15, 0.2) is 0 Å². The highest BCUT2D eigenvalue weighted by Crippen LogP contribution is 2.62. The van der Waals surface area contributed by atoms with Crippen LogP contribution in [0.25, 0.3) is 33.4 Å². The van der Waals surface area contributed by atoms with Crippen LogP contribution in [0.1, 0.15) is 72.2 Å². The first kappa shape index (κ1) is 32.9. The van der Waals surface area contributed by atoms with Crippen molar-refractivity contribution < 1.29 is 0 Å². The van der Waals surface area contributed by atoms with Crippen LogP contribution in [0.2, 0.25) is 0 Å². The Labute approximate surface area is 330 Å². The molecule has 0 radical (unpaired) electrons. The molecule has 0 amide bonds. The number of nitrogens with zero attached hydrogens (tertiary/aromatic N) is 1. The first-order valence-electron chi connectivity index (χ1n) is 20.0. The lowest BCUT2D eigenvalue weighted by atomic mass is 9.55. The lowest BCUT2D eigenvalue weighted by Crippen LogP contribution is -2.40. The predicted octanol–water partition coefficient (Wildman–Crippen LogP) is 14.1. The van der Waals surface area contributed by atoms with Crippen LogP contribution in [0.15, 0.2) is 188 Å². The second kappa shape index (κ2) is 11.8. The standard InChI is InChI=1S/C55H43N/c1-53(2)42-25-12-10-24-41(42)52-48(53)30-18-32-51(52)56(37-19-6-5-7-20-37)50-31-17-11-21-38(50)36-33-34-47-49(35-36)54(3,4)45-28-15-16-29-46(45)55(47)43-26-13-8-22-39(43)40-23-9-14-27-44(40)55/h5-35H,1-4H3. The first-order chi connectivity index (χ1) is 27.3. The Balaban J connectivity index is 1.17. The van der Waals surface area contributed by atoms with Crippen molar-refractivity contribution in [2.24, 2.45) is 0 Å². The summed E-state index contributed by atoms with van der Waals surface area (Å²) >= 11 is 0. The molecule has 56 heavy (non-hydrogen) atoms. The molecule has 0 bridgehead atoms. The monoisotopic (exact) mass is 717 g/mol. The van der Waals surface area contributed by atoms with E-state index in [1.807, 2.05) is 0 Å². The summed E-state index contributed by atoms with van der Waals surface area (Å²) in [7, 11) is 0. The van der Waals surface area contributed by atoms with E-state index in [0.29, 0.717) is 0 Å². The number of para-hydroxylation sites is 2. The van der Waals surface area contributed by atoms with Gasteiger partial charge in [0.25, 0.3) is 0 Å². The Kier molecular flexibility index (Phi) is 6.93. The fraction of sp³-hybridized carbons (Fsp3) is 0.127. The van der Waals surface area contributed by atoms with Crippen molar-refractivity contribution in [2.75, 3.05) is 4.90 Å². The summed E-state index contributed by atoms with van der Waals surface area (Å²) in [5.74, 6) is 0. The molecule has 0 fully saturated rings. The van der Waals surface area contributed by atoms with Crippen molar-refractivity contribution in [3.63, 3.8) is 0 Å². The zero-order valence-corrected chi connectivity index (χ0v) is 32.3. The molecule has 0 atom stereocenters. The van der Waals surface area contributed by atoms with Gasteiger partial charge in [-0.15, -0.1) is 0 Å². The molecule has 11 rings (SSSR count). The van der Waals surface area contributed by atoms with E-state index in [-0.39, 0.29) is 10.8 Å². The van der Waals surface area contributed by atoms with Gasteiger partial charge in [-0.25, -0.2) is 0 Å². The third-order valence-electron chi connectivity index (χ3n) is 13.4. The Morgan fingerprint density at radius 3 is 1.50 bits per heavy atom. The Hall–Kier alpha value is -6.44. The number of hydrogen-bond acceptors (Lipinski definition) is 1. The normalized spacial score (nSPS) is 15.6. The molecule has 0 saturated carbocycles. The molecule has 8 aromatic rings. The fourth-order valence-corrected chi connectivity index (χ4v) is 10.8. The van der Waals surface area contributed by atoms with Gasteiger partial charge in [-0.05, 0) is 97.1 Å². The molecule has 3 aliphatic carbocycles. The van der Waals surface area contributed by atoms with E-state index in [2.05, 4.69) is 221 Å². The SMILES string of the molecule is CC1(C)c2ccccc2C2(c3ccccc3-c3ccccc32)c2ccc(-c3ccccc3N(c3ccccc3)c3cccc4c3-c3ccccc3C4(C)C)cc21. The van der Waals surface area contributed by atoms with Crippen molar-refractivity contribution >= 4 is 17.1 Å². The van der Waals surface area contributed by atoms with E-state index >= 15 is 0 Å². The zero-order chi connectivity index (χ0) is 37.8. The van der Waals surface area contributed by atoms with Crippen molar-refractivity contribution in [2.45, 2.75) is 43.9 Å². The lowest BCUT2D eigenvalue weighted by Gasteiger charge is -2.47. The largest absolute Gasteiger partial charge is 0.309 e. The summed E-state index contributed by atoms with van der Waals surface area (Å²) in [6.45, 7) is 9.57. The molecule has 0 aliphatic heterocycles. The summed E-state index contributed by atoms with van der Waals surface area (Å²) in [5.41, 5.74) is 21.5. The molecule has 0 heterocycles. The molecule has 3 aliphatic rings. The van der Waals surface area contributed by atoms with Crippen LogP contribution in [0, 0.1) is 0 Å². The van der Waals surface area contributed by atoms with Crippen molar-refractivity contribution in [3.05, 3.63) is 233 Å². The summed E-state index contributed by atoms with van der Waals surface area (Å²) < 4.78 is 0. The summed E-state index contributed by atoms with van der Waals surface area (Å²) in [4.78, 5) is 2.50. The third kappa shape index (κ3) is 4.26. The molecule has 0 saturated heterocycles. The summed E-state index contributed by atoms with van der Waals surface area (Å²) in [5, 5.41) is 0. The highest BCUT2D eigenvalue weighted by molar-refractivity contribution is 5.98. The van der Waals surface area contributed by atoms with Gasteiger partial charge in [0.2, 0.25) is 0 Å². The van der Waals surface area contributed by atoms with Gasteiger partial charge in [0.05, 0.1) is 16.8 Å². The molecule has 8 aromatic carbocycles. The van der Waals surface area contributed by atoms with Crippen molar-refractivity contribution in [1.82, 2.24) is 0 Å². The smallest absolute Gasteiger partial charge is 0.0719 e. The number of benzene rings is 8. The molecule has 0 unspecified atom stereocenters. The highest BCUT2D eigenvalue weighted by atomic mass is 15.1. The van der Waals surface area contributed by atoms with Gasteiger partial charge in [-0.2, -0.15) is 0 Å². The Bertz CT molecular complexity index is 2830. The molecular weight excluding hydrogens is 675 g/mol. The number of anilines is 3. The molecule has 268 valence electrons. The van der Waals surface area contributed by atoms with E-state index in [1.54, 1.807) is 0 Å². The average Bonchev–Trinajstić information content (AvgIpc) is 3.67. The molecule has 0 aromatic heterocycles. The minimum Gasteiger partial charge on any atom is -0.309 e. The minimum absolute atomic E-state index is 0.0996. The second-order valence-corrected chi connectivity index (χ2v) is 16.8. The van der Waals surface area contributed by atoms with Gasteiger partial charge in [-0.1, -0.05) is 185 Å². The van der Waals surface area contributed by atoms with Crippen LogP contribution in [-0.4, -0.2) is 0 Å². The summed E-state index contributed by atoms with van der Waals surface area (Å²) in [6, 6.07) is 70.5. The van der Waals surface area contributed by atoms with Crippen LogP contribution in [0.5, 0.6) is 0 Å². The molecule has 1 heteroatoms. The zero-order valence-electron chi connectivity index (χ0n) is 32.3. The third-order valence-corrected chi connectivity index (χ3v) is 13.4. The average molecular weight is 718 g/mol. The van der Waals surface area contributed by atoms with Crippen molar-refractivity contribution in [1.29, 1.82) is 0 Å². The molecule has 1 nitrogen and oxygen atoms in total. The number of fused-ring (bicyclic) bond motifs is 12. The van der Waals surface area contributed by atoms with Crippen LogP contribution < -0.4 is 4.90 Å². The highest BCUT2D eigenvalue weighted by Gasteiger charge is 2.53. The maximum absolute atomic E-state index is 2.52. The quantitative estimate of drug-likeness (QED) is 0.175. The van der Waals surface area contributed by atoms with Gasteiger partial charge in [-0.3, -0.25) is 0 Å². The summed E-state index contributed by atoms with van der Waals surface area (Å²) in [6.07, 6.45) is 0. The lowest BCUT2D eigenvalue weighted by molar-refractivity contribution is 0.563. The molecular formula is C55H43N. The Morgan fingerprint density at radius 1 is 0.321 bits per heavy atom. The van der Waals surface area contributed by atoms with Crippen LogP contribution in [0.4, 0.5) is 17.1 Å². The van der Waals surface area contributed by atoms with Gasteiger partial charge in [0.1, 0.15) is 0 Å². The maximum atomic E-state index is 2.52. The van der Waals surface area contributed by atoms with Crippen LogP contribution in [-0.2, 0) is 16.2 Å². The van der Waals surface area contributed by atoms with E-state index in [9.17, 15) is 0 Å². The van der Waals surface area contributed by atoms with Crippen molar-refractivity contribution in [3.8, 4) is 33.4 Å². The van der Waals surface area contributed by atoms with E-state index < -0.39 is 5.41 Å². The van der Waals surface area contributed by atoms with Gasteiger partial charge >= 0.3 is 0 Å². The van der Waals surface area contributed by atoms with Crippen LogP contribution in [0.3, 0.4) is 0 Å². The number of hydrogen-bond donors (Lipinski definition) is 0. The Morgan fingerprint density at radius 2 is 0.804 bits per heavy atom.